The summed E-state index contributed by atoms with van der Waals surface area (Å²) in [6, 6.07) is 3.51. The fourth-order valence-electron chi connectivity index (χ4n) is 3.28. The predicted octanol–water partition coefficient (Wildman–Crippen LogP) is 1.96. The molecule has 0 aliphatic carbocycles. The van der Waals surface area contributed by atoms with Gasteiger partial charge in [-0.15, -0.1) is 12.4 Å². The number of nitrogens with one attached hydrogen (secondary N) is 1. The van der Waals surface area contributed by atoms with Crippen LogP contribution in [-0.4, -0.2) is 57.8 Å². The molecule has 134 valence electrons. The summed E-state index contributed by atoms with van der Waals surface area (Å²) in [4.78, 5) is 14.8. The van der Waals surface area contributed by atoms with Crippen molar-refractivity contribution < 1.29 is 19.0 Å². The van der Waals surface area contributed by atoms with E-state index < -0.39 is 0 Å². The Morgan fingerprint density at radius 2 is 2.17 bits per heavy atom. The number of ether oxygens (including phenoxy) is 3. The lowest BCUT2D eigenvalue weighted by Gasteiger charge is -2.33. The highest BCUT2D eigenvalue weighted by atomic mass is 35.5. The van der Waals surface area contributed by atoms with E-state index in [1.54, 1.807) is 19.2 Å². The lowest BCUT2D eigenvalue weighted by atomic mass is 9.97. The highest BCUT2D eigenvalue weighted by Gasteiger charge is 2.27. The van der Waals surface area contributed by atoms with Gasteiger partial charge >= 0.3 is 0 Å². The second-order valence-corrected chi connectivity index (χ2v) is 6.02. The summed E-state index contributed by atoms with van der Waals surface area (Å²) in [7, 11) is 3.53. The maximum absolute atomic E-state index is 12.9. The van der Waals surface area contributed by atoms with Crippen molar-refractivity contribution in [2.75, 3.05) is 47.0 Å². The third kappa shape index (κ3) is 3.87. The van der Waals surface area contributed by atoms with Crippen LogP contribution in [0.15, 0.2) is 12.1 Å². The Balaban J connectivity index is 0.00000208. The molecule has 0 saturated carbocycles. The van der Waals surface area contributed by atoms with E-state index in [0.29, 0.717) is 41.9 Å². The van der Waals surface area contributed by atoms with E-state index in [9.17, 15) is 4.79 Å². The summed E-state index contributed by atoms with van der Waals surface area (Å²) >= 11 is 0. The SMILES string of the molecule is CNCC1CCCN(C(=O)c2cc(OC)c3c(c2)OCCO3)C1.Cl. The summed E-state index contributed by atoms with van der Waals surface area (Å²) in [5, 5.41) is 3.20. The average molecular weight is 357 g/mol. The summed E-state index contributed by atoms with van der Waals surface area (Å²) in [5.41, 5.74) is 0.594. The Hall–Kier alpha value is -1.66. The largest absolute Gasteiger partial charge is 0.493 e. The van der Waals surface area contributed by atoms with Crippen LogP contribution in [0.3, 0.4) is 0 Å². The summed E-state index contributed by atoms with van der Waals surface area (Å²) in [6.07, 6.45) is 2.20. The maximum atomic E-state index is 12.9. The van der Waals surface area contributed by atoms with E-state index in [1.165, 1.54) is 0 Å². The Morgan fingerprint density at radius 3 is 2.92 bits per heavy atom. The van der Waals surface area contributed by atoms with Gasteiger partial charge in [0.05, 0.1) is 7.11 Å². The molecular weight excluding hydrogens is 332 g/mol. The first-order chi connectivity index (χ1) is 11.2. The first-order valence-electron chi connectivity index (χ1n) is 8.14. The lowest BCUT2D eigenvalue weighted by molar-refractivity contribution is 0.0672. The van der Waals surface area contributed by atoms with E-state index in [4.69, 9.17) is 14.2 Å². The Labute approximate surface area is 148 Å². The van der Waals surface area contributed by atoms with Crippen LogP contribution >= 0.6 is 12.4 Å². The van der Waals surface area contributed by atoms with Crippen molar-refractivity contribution >= 4 is 18.3 Å². The molecule has 2 heterocycles. The first kappa shape index (κ1) is 18.7. The van der Waals surface area contributed by atoms with Gasteiger partial charge in [-0.1, -0.05) is 0 Å². The van der Waals surface area contributed by atoms with Crippen molar-refractivity contribution in [1.29, 1.82) is 0 Å². The molecule has 1 amide bonds. The molecule has 0 radical (unpaired) electrons. The standard InChI is InChI=1S/C17H24N2O4.ClH/c1-18-10-12-4-3-5-19(11-12)17(20)13-8-14(21-2)16-15(9-13)22-6-7-23-16;/h8-9,12,18H,3-7,10-11H2,1-2H3;1H. The highest BCUT2D eigenvalue weighted by Crippen LogP contribution is 2.40. The number of nitrogens with zero attached hydrogens (tertiary/aromatic N) is 1. The number of likely N-dealkylation sites (tertiary alicyclic amines) is 1. The van der Waals surface area contributed by atoms with Gasteiger partial charge in [0.2, 0.25) is 5.75 Å². The number of piperidine rings is 1. The molecule has 6 nitrogen and oxygen atoms in total. The van der Waals surface area contributed by atoms with Crippen LogP contribution in [-0.2, 0) is 0 Å². The topological polar surface area (TPSA) is 60.0 Å². The van der Waals surface area contributed by atoms with Crippen molar-refractivity contribution in [1.82, 2.24) is 10.2 Å². The number of carbonyl (C=O) groups is 1. The van der Waals surface area contributed by atoms with Crippen LogP contribution in [0.25, 0.3) is 0 Å². The number of carbonyl (C=O) groups excluding carboxylic acids is 1. The van der Waals surface area contributed by atoms with Crippen molar-refractivity contribution in [3.05, 3.63) is 17.7 Å². The minimum absolute atomic E-state index is 0. The maximum Gasteiger partial charge on any atom is 0.254 e. The van der Waals surface area contributed by atoms with E-state index >= 15 is 0 Å². The van der Waals surface area contributed by atoms with Crippen LogP contribution in [0.2, 0.25) is 0 Å². The number of rotatable bonds is 4. The quantitative estimate of drug-likeness (QED) is 0.893. The van der Waals surface area contributed by atoms with E-state index in [2.05, 4.69) is 5.32 Å². The fourth-order valence-corrected chi connectivity index (χ4v) is 3.28. The first-order valence-corrected chi connectivity index (χ1v) is 8.14. The zero-order chi connectivity index (χ0) is 16.2. The van der Waals surface area contributed by atoms with Gasteiger partial charge in [0, 0.05) is 18.7 Å². The number of fused-ring (bicyclic) bond motifs is 1. The zero-order valence-electron chi connectivity index (χ0n) is 14.2. The van der Waals surface area contributed by atoms with Crippen molar-refractivity contribution in [3.63, 3.8) is 0 Å². The van der Waals surface area contributed by atoms with Gasteiger partial charge in [-0.2, -0.15) is 0 Å². The minimum atomic E-state index is 0. The monoisotopic (exact) mass is 356 g/mol. The molecule has 1 N–H and O–H groups in total. The van der Waals surface area contributed by atoms with Gasteiger partial charge in [-0.3, -0.25) is 4.79 Å². The molecule has 0 bridgehead atoms. The molecule has 2 aliphatic heterocycles. The van der Waals surface area contributed by atoms with Gasteiger partial charge in [0.25, 0.3) is 5.91 Å². The zero-order valence-corrected chi connectivity index (χ0v) is 15.0. The van der Waals surface area contributed by atoms with Crippen molar-refractivity contribution in [2.45, 2.75) is 12.8 Å². The molecular formula is C17H25ClN2O4. The lowest BCUT2D eigenvalue weighted by Crippen LogP contribution is -2.42. The molecule has 3 rings (SSSR count). The number of benzene rings is 1. The molecule has 1 aromatic carbocycles. The fraction of sp³-hybridized carbons (Fsp3) is 0.588. The van der Waals surface area contributed by atoms with Crippen molar-refractivity contribution in [3.8, 4) is 17.2 Å². The second kappa shape index (κ2) is 8.44. The normalized spacial score (nSPS) is 19.4. The Bertz CT molecular complexity index is 563. The number of hydrogen-bond donors (Lipinski definition) is 1. The Kier molecular flexibility index (Phi) is 6.57. The predicted molar refractivity (Wildman–Crippen MR) is 93.8 cm³/mol. The van der Waals surface area contributed by atoms with Gasteiger partial charge in [-0.25, -0.2) is 0 Å². The highest BCUT2D eigenvalue weighted by molar-refractivity contribution is 5.95. The van der Waals surface area contributed by atoms with Gasteiger partial charge in [0.1, 0.15) is 13.2 Å². The summed E-state index contributed by atoms with van der Waals surface area (Å²) < 4.78 is 16.6. The van der Waals surface area contributed by atoms with Crippen LogP contribution in [0, 0.1) is 5.92 Å². The number of halogens is 1. The number of methoxy groups -OCH3 is 1. The average Bonchev–Trinajstić information content (AvgIpc) is 2.60. The molecule has 1 unspecified atom stereocenters. The smallest absolute Gasteiger partial charge is 0.254 e. The molecule has 1 atom stereocenters. The van der Waals surface area contributed by atoms with E-state index in [-0.39, 0.29) is 18.3 Å². The second-order valence-electron chi connectivity index (χ2n) is 6.02. The molecule has 0 spiro atoms. The third-order valence-electron chi connectivity index (χ3n) is 4.37. The van der Waals surface area contributed by atoms with Crippen LogP contribution < -0.4 is 19.5 Å². The Morgan fingerprint density at radius 1 is 1.38 bits per heavy atom. The molecule has 0 aromatic heterocycles. The van der Waals surface area contributed by atoms with Crippen LogP contribution in [0.1, 0.15) is 23.2 Å². The molecule has 2 aliphatic rings. The summed E-state index contributed by atoms with van der Waals surface area (Å²) in [5.74, 6) is 2.26. The summed E-state index contributed by atoms with van der Waals surface area (Å²) in [6.45, 7) is 3.51. The van der Waals surface area contributed by atoms with Gasteiger partial charge in [0.15, 0.2) is 11.5 Å². The van der Waals surface area contributed by atoms with Crippen LogP contribution in [0.4, 0.5) is 0 Å². The van der Waals surface area contributed by atoms with E-state index in [1.807, 2.05) is 11.9 Å². The molecule has 1 saturated heterocycles. The van der Waals surface area contributed by atoms with E-state index in [0.717, 1.165) is 32.5 Å². The number of amides is 1. The van der Waals surface area contributed by atoms with Gasteiger partial charge < -0.3 is 24.4 Å². The molecule has 1 fully saturated rings. The van der Waals surface area contributed by atoms with Gasteiger partial charge in [-0.05, 0) is 44.5 Å². The molecule has 7 heteroatoms. The minimum Gasteiger partial charge on any atom is -0.493 e. The molecule has 1 aromatic rings. The third-order valence-corrected chi connectivity index (χ3v) is 4.37. The molecule has 24 heavy (non-hydrogen) atoms. The number of hydrogen-bond acceptors (Lipinski definition) is 5. The van der Waals surface area contributed by atoms with Crippen LogP contribution in [0.5, 0.6) is 17.2 Å². The van der Waals surface area contributed by atoms with Crippen molar-refractivity contribution in [2.24, 2.45) is 5.92 Å².